The van der Waals surface area contributed by atoms with Crippen molar-refractivity contribution in [2.75, 3.05) is 25.0 Å². The fraction of sp³-hybridized carbons (Fsp3) is 0.235. The molecule has 11 heteroatoms. The number of halogens is 1. The summed E-state index contributed by atoms with van der Waals surface area (Å²) in [5.74, 6) is -0.309. The van der Waals surface area contributed by atoms with Crippen molar-refractivity contribution >= 4 is 27.5 Å². The van der Waals surface area contributed by atoms with Crippen molar-refractivity contribution in [3.63, 3.8) is 0 Å². The normalized spacial score (nSPS) is 11.7. The van der Waals surface area contributed by atoms with Gasteiger partial charge in [-0.2, -0.15) is 0 Å². The van der Waals surface area contributed by atoms with Gasteiger partial charge in [0.25, 0.3) is 15.9 Å². The highest BCUT2D eigenvalue weighted by Crippen LogP contribution is 2.26. The standard InChI is InChI=1S/C34H36FN3O6S/c1-3-4-22-36-34(40)33(26-8-6-5-7-9-26)38(23-25-10-16-29(43-2)17-11-25)32(39)24-44-30-18-20-31(21-19-30)45(41,42)37-28-14-12-27(35)13-15-28/h5-21,33,37H,3-4,22-24H2,1-2H3,(H,36,40)/t33-/m1/s1. The number of sulfonamides is 1. The zero-order chi connectivity index (χ0) is 32.2. The molecule has 0 saturated heterocycles. The van der Waals surface area contributed by atoms with Crippen LogP contribution in [0, 0.1) is 5.82 Å². The lowest BCUT2D eigenvalue weighted by atomic mass is 10.0. The number of hydrogen-bond acceptors (Lipinski definition) is 6. The number of benzene rings is 4. The lowest BCUT2D eigenvalue weighted by molar-refractivity contribution is -0.143. The fourth-order valence-electron chi connectivity index (χ4n) is 4.52. The summed E-state index contributed by atoms with van der Waals surface area (Å²) in [6, 6.07) is 25.9. The van der Waals surface area contributed by atoms with Gasteiger partial charge in [-0.1, -0.05) is 55.8 Å². The van der Waals surface area contributed by atoms with Crippen LogP contribution in [0.25, 0.3) is 0 Å². The lowest BCUT2D eigenvalue weighted by Gasteiger charge is -2.31. The smallest absolute Gasteiger partial charge is 0.261 e. The van der Waals surface area contributed by atoms with Crippen LogP contribution in [-0.2, 0) is 26.2 Å². The molecule has 0 fully saturated rings. The Hall–Kier alpha value is -4.90. The molecule has 2 N–H and O–H groups in total. The third kappa shape index (κ3) is 9.29. The summed E-state index contributed by atoms with van der Waals surface area (Å²) < 4.78 is 52.2. The maximum absolute atomic E-state index is 13.8. The molecule has 0 aromatic heterocycles. The molecular weight excluding hydrogens is 597 g/mol. The Morgan fingerprint density at radius 1 is 0.867 bits per heavy atom. The van der Waals surface area contributed by atoms with Crippen LogP contribution in [0.4, 0.5) is 10.1 Å². The van der Waals surface area contributed by atoms with E-state index in [1.165, 1.54) is 41.3 Å². The van der Waals surface area contributed by atoms with E-state index in [4.69, 9.17) is 9.47 Å². The Morgan fingerprint density at radius 2 is 1.51 bits per heavy atom. The second-order valence-electron chi connectivity index (χ2n) is 10.2. The maximum Gasteiger partial charge on any atom is 0.261 e. The molecule has 0 aliphatic carbocycles. The summed E-state index contributed by atoms with van der Waals surface area (Å²) in [5.41, 5.74) is 1.65. The van der Waals surface area contributed by atoms with Gasteiger partial charge in [0.15, 0.2) is 6.61 Å². The van der Waals surface area contributed by atoms with Gasteiger partial charge in [0.1, 0.15) is 23.4 Å². The largest absolute Gasteiger partial charge is 0.497 e. The molecule has 0 aliphatic rings. The molecule has 0 heterocycles. The van der Waals surface area contributed by atoms with Gasteiger partial charge >= 0.3 is 0 Å². The summed E-state index contributed by atoms with van der Waals surface area (Å²) in [6.45, 7) is 2.23. The second kappa shape index (κ2) is 15.7. The Balaban J connectivity index is 1.54. The van der Waals surface area contributed by atoms with E-state index in [0.29, 0.717) is 17.9 Å². The van der Waals surface area contributed by atoms with Crippen molar-refractivity contribution in [2.24, 2.45) is 0 Å². The molecule has 236 valence electrons. The topological polar surface area (TPSA) is 114 Å². The SMILES string of the molecule is CCCCNC(=O)[C@@H](c1ccccc1)N(Cc1ccc(OC)cc1)C(=O)COc1ccc(S(=O)(=O)Nc2ccc(F)cc2)cc1. The number of methoxy groups -OCH3 is 1. The second-order valence-corrected chi connectivity index (χ2v) is 11.9. The molecule has 0 radical (unpaired) electrons. The van der Waals surface area contributed by atoms with Crippen LogP contribution in [0.15, 0.2) is 108 Å². The first-order valence-corrected chi connectivity index (χ1v) is 15.9. The Morgan fingerprint density at radius 3 is 2.13 bits per heavy atom. The average Bonchev–Trinajstić information content (AvgIpc) is 3.05. The van der Waals surface area contributed by atoms with Crippen LogP contribution in [0.3, 0.4) is 0 Å². The molecule has 4 rings (SSSR count). The Labute approximate surface area is 263 Å². The molecular formula is C34H36FN3O6S. The summed E-state index contributed by atoms with van der Waals surface area (Å²) in [5, 5.41) is 2.96. The van der Waals surface area contributed by atoms with Crippen molar-refractivity contribution in [3.8, 4) is 11.5 Å². The lowest BCUT2D eigenvalue weighted by Crippen LogP contribution is -2.45. The van der Waals surface area contributed by atoms with Gasteiger partial charge < -0.3 is 19.7 Å². The third-order valence-corrected chi connectivity index (χ3v) is 8.33. The first-order chi connectivity index (χ1) is 21.7. The molecule has 9 nitrogen and oxygen atoms in total. The number of rotatable bonds is 15. The molecule has 1 atom stereocenters. The van der Waals surface area contributed by atoms with Crippen molar-refractivity contribution in [1.29, 1.82) is 0 Å². The zero-order valence-electron chi connectivity index (χ0n) is 25.1. The molecule has 4 aromatic rings. The average molecular weight is 634 g/mol. The van der Waals surface area contributed by atoms with Crippen LogP contribution < -0.4 is 19.5 Å². The summed E-state index contributed by atoms with van der Waals surface area (Å²) in [6.07, 6.45) is 1.70. The molecule has 2 amide bonds. The Kier molecular flexibility index (Phi) is 11.5. The van der Waals surface area contributed by atoms with Crippen molar-refractivity contribution < 1.29 is 31.9 Å². The van der Waals surface area contributed by atoms with E-state index in [1.807, 2.05) is 37.3 Å². The van der Waals surface area contributed by atoms with Crippen molar-refractivity contribution in [2.45, 2.75) is 37.2 Å². The monoisotopic (exact) mass is 633 g/mol. The first-order valence-electron chi connectivity index (χ1n) is 14.5. The zero-order valence-corrected chi connectivity index (χ0v) is 25.9. The van der Waals surface area contributed by atoms with Gasteiger partial charge in [0.05, 0.1) is 12.0 Å². The number of nitrogens with one attached hydrogen (secondary N) is 2. The van der Waals surface area contributed by atoms with Crippen molar-refractivity contribution in [3.05, 3.63) is 120 Å². The van der Waals surface area contributed by atoms with Crippen molar-refractivity contribution in [1.82, 2.24) is 10.2 Å². The maximum atomic E-state index is 13.8. The first kappa shape index (κ1) is 33.0. The number of unbranched alkanes of at least 4 members (excludes halogenated alkanes) is 1. The number of carbonyl (C=O) groups is 2. The highest BCUT2D eigenvalue weighted by molar-refractivity contribution is 7.92. The summed E-state index contributed by atoms with van der Waals surface area (Å²) >= 11 is 0. The Bertz CT molecular complexity index is 1650. The van der Waals surface area contributed by atoms with E-state index < -0.39 is 34.4 Å². The number of ether oxygens (including phenoxy) is 2. The van der Waals surface area contributed by atoms with Crippen LogP contribution in [0.5, 0.6) is 11.5 Å². The van der Waals surface area contributed by atoms with Crippen LogP contribution in [0.2, 0.25) is 0 Å². The molecule has 0 saturated carbocycles. The number of hydrogen-bond donors (Lipinski definition) is 2. The predicted octanol–water partition coefficient (Wildman–Crippen LogP) is 5.70. The minimum atomic E-state index is -3.95. The van der Waals surface area contributed by atoms with E-state index >= 15 is 0 Å². The quantitative estimate of drug-likeness (QED) is 0.162. The van der Waals surface area contributed by atoms with E-state index in [-0.39, 0.29) is 28.8 Å². The van der Waals surface area contributed by atoms with E-state index in [0.717, 1.165) is 30.5 Å². The van der Waals surface area contributed by atoms with Gasteiger partial charge in [-0.15, -0.1) is 0 Å². The number of carbonyl (C=O) groups excluding carboxylic acids is 2. The van der Waals surface area contributed by atoms with Gasteiger partial charge in [-0.25, -0.2) is 12.8 Å². The van der Waals surface area contributed by atoms with Crippen LogP contribution in [0.1, 0.15) is 36.9 Å². The van der Waals surface area contributed by atoms with E-state index in [9.17, 15) is 22.4 Å². The minimum Gasteiger partial charge on any atom is -0.497 e. The summed E-state index contributed by atoms with van der Waals surface area (Å²) in [4.78, 5) is 28.8. The van der Waals surface area contributed by atoms with E-state index in [2.05, 4.69) is 10.0 Å². The fourth-order valence-corrected chi connectivity index (χ4v) is 5.58. The van der Waals surface area contributed by atoms with Crippen LogP contribution in [-0.4, -0.2) is 45.4 Å². The number of amides is 2. The van der Waals surface area contributed by atoms with E-state index in [1.54, 1.807) is 31.4 Å². The van der Waals surface area contributed by atoms with Gasteiger partial charge in [0.2, 0.25) is 5.91 Å². The number of nitrogens with zero attached hydrogens (tertiary/aromatic N) is 1. The number of anilines is 1. The molecule has 0 spiro atoms. The van der Waals surface area contributed by atoms with Crippen LogP contribution >= 0.6 is 0 Å². The molecule has 4 aromatic carbocycles. The van der Waals surface area contributed by atoms with Gasteiger partial charge in [0, 0.05) is 18.8 Å². The highest BCUT2D eigenvalue weighted by Gasteiger charge is 2.31. The van der Waals surface area contributed by atoms with Gasteiger partial charge in [-0.3, -0.25) is 14.3 Å². The summed E-state index contributed by atoms with van der Waals surface area (Å²) in [7, 11) is -2.38. The molecule has 0 aliphatic heterocycles. The van der Waals surface area contributed by atoms with Gasteiger partial charge in [-0.05, 0) is 78.2 Å². The highest BCUT2D eigenvalue weighted by atomic mass is 32.2. The molecule has 45 heavy (non-hydrogen) atoms. The molecule has 0 bridgehead atoms. The third-order valence-electron chi connectivity index (χ3n) is 6.93. The minimum absolute atomic E-state index is 0.0421. The predicted molar refractivity (Wildman–Crippen MR) is 170 cm³/mol. The molecule has 0 unspecified atom stereocenters.